The standard InChI is InChI=1S/C27H33FN4O3/c1-19(2)34-24-7-3-5-20(17-24)6-4-14-29-27(33)22-12-15-32(16-13-22)18-25-30-26(31-35-25)21-8-10-23(28)11-9-21/h3,5,7-11,17,19,22H,4,6,12-16,18H2,1-2H3,(H,29,33). The predicted octanol–water partition coefficient (Wildman–Crippen LogP) is 4.62. The van der Waals surface area contributed by atoms with Crippen molar-refractivity contribution in [1.82, 2.24) is 20.4 Å². The largest absolute Gasteiger partial charge is 0.491 e. The average Bonchev–Trinajstić information content (AvgIpc) is 3.31. The SMILES string of the molecule is CC(C)Oc1cccc(CCCNC(=O)C2CCN(Cc3nc(-c4ccc(F)cc4)no3)CC2)c1. The van der Waals surface area contributed by atoms with E-state index < -0.39 is 0 Å². The number of likely N-dealkylation sites (tertiary alicyclic amines) is 1. The minimum atomic E-state index is -0.300. The molecular weight excluding hydrogens is 447 g/mol. The third-order valence-corrected chi connectivity index (χ3v) is 6.10. The van der Waals surface area contributed by atoms with Crippen LogP contribution in [-0.4, -0.2) is 46.7 Å². The van der Waals surface area contributed by atoms with E-state index in [0.717, 1.165) is 44.5 Å². The van der Waals surface area contributed by atoms with Gasteiger partial charge in [-0.3, -0.25) is 9.69 Å². The van der Waals surface area contributed by atoms with Gasteiger partial charge in [0.1, 0.15) is 11.6 Å². The van der Waals surface area contributed by atoms with E-state index in [0.29, 0.717) is 30.4 Å². The van der Waals surface area contributed by atoms with Crippen LogP contribution in [0.5, 0.6) is 5.75 Å². The van der Waals surface area contributed by atoms with Gasteiger partial charge >= 0.3 is 0 Å². The molecule has 1 aromatic heterocycles. The van der Waals surface area contributed by atoms with Crippen LogP contribution < -0.4 is 10.1 Å². The van der Waals surface area contributed by atoms with Gasteiger partial charge in [-0.15, -0.1) is 0 Å². The van der Waals surface area contributed by atoms with Gasteiger partial charge in [-0.2, -0.15) is 4.98 Å². The van der Waals surface area contributed by atoms with Crippen molar-refractivity contribution in [2.45, 2.75) is 52.2 Å². The Bertz CT molecular complexity index is 1090. The zero-order chi connectivity index (χ0) is 24.6. The van der Waals surface area contributed by atoms with Gasteiger partial charge in [0.25, 0.3) is 0 Å². The van der Waals surface area contributed by atoms with E-state index in [2.05, 4.69) is 32.5 Å². The molecule has 4 rings (SSSR count). The van der Waals surface area contributed by atoms with Crippen molar-refractivity contribution in [3.8, 4) is 17.1 Å². The van der Waals surface area contributed by atoms with Gasteiger partial charge in [0.05, 0.1) is 12.6 Å². The molecule has 1 N–H and O–H groups in total. The number of nitrogens with zero attached hydrogens (tertiary/aromatic N) is 3. The minimum Gasteiger partial charge on any atom is -0.491 e. The molecule has 1 fully saturated rings. The van der Waals surface area contributed by atoms with Crippen LogP contribution in [0.3, 0.4) is 0 Å². The molecular formula is C27H33FN4O3. The Morgan fingerprint density at radius 2 is 1.97 bits per heavy atom. The van der Waals surface area contributed by atoms with E-state index >= 15 is 0 Å². The Labute approximate surface area is 205 Å². The summed E-state index contributed by atoms with van der Waals surface area (Å²) in [6, 6.07) is 14.2. The smallest absolute Gasteiger partial charge is 0.241 e. The monoisotopic (exact) mass is 480 g/mol. The molecule has 1 amide bonds. The van der Waals surface area contributed by atoms with Crippen molar-refractivity contribution >= 4 is 5.91 Å². The fraction of sp³-hybridized carbons (Fsp3) is 0.444. The highest BCUT2D eigenvalue weighted by molar-refractivity contribution is 5.78. The highest BCUT2D eigenvalue weighted by Gasteiger charge is 2.25. The number of ether oxygens (including phenoxy) is 1. The van der Waals surface area contributed by atoms with E-state index in [4.69, 9.17) is 9.26 Å². The summed E-state index contributed by atoms with van der Waals surface area (Å²) in [5.74, 6) is 1.74. The first-order valence-electron chi connectivity index (χ1n) is 12.3. The number of piperidine rings is 1. The number of nitrogens with one attached hydrogen (secondary N) is 1. The predicted molar refractivity (Wildman–Crippen MR) is 131 cm³/mol. The molecule has 2 aromatic carbocycles. The normalized spacial score (nSPS) is 14.9. The summed E-state index contributed by atoms with van der Waals surface area (Å²) in [6.07, 6.45) is 3.56. The van der Waals surface area contributed by atoms with Gasteiger partial charge in [-0.05, 0) is 94.6 Å². The van der Waals surface area contributed by atoms with Crippen LogP contribution in [0.15, 0.2) is 53.1 Å². The Kier molecular flexibility index (Phi) is 8.47. The van der Waals surface area contributed by atoms with Crippen molar-refractivity contribution < 1.29 is 18.4 Å². The molecule has 1 saturated heterocycles. The van der Waals surface area contributed by atoms with Crippen LogP contribution in [0.1, 0.15) is 44.6 Å². The number of carbonyl (C=O) groups excluding carboxylic acids is 1. The van der Waals surface area contributed by atoms with Crippen LogP contribution >= 0.6 is 0 Å². The summed E-state index contributed by atoms with van der Waals surface area (Å²) in [5.41, 5.74) is 1.93. The molecule has 7 nitrogen and oxygen atoms in total. The summed E-state index contributed by atoms with van der Waals surface area (Å²) in [4.78, 5) is 19.3. The lowest BCUT2D eigenvalue weighted by molar-refractivity contribution is -0.126. The van der Waals surface area contributed by atoms with Crippen LogP contribution in [0.25, 0.3) is 11.4 Å². The maximum atomic E-state index is 13.1. The molecule has 0 radical (unpaired) electrons. The Balaban J connectivity index is 1.15. The van der Waals surface area contributed by atoms with E-state index in [1.165, 1.54) is 17.7 Å². The number of hydrogen-bond donors (Lipinski definition) is 1. The molecule has 1 aliphatic heterocycles. The number of aryl methyl sites for hydroxylation is 1. The Morgan fingerprint density at radius 1 is 1.20 bits per heavy atom. The fourth-order valence-electron chi connectivity index (χ4n) is 4.27. The maximum Gasteiger partial charge on any atom is 0.241 e. The molecule has 0 bridgehead atoms. The second-order valence-corrected chi connectivity index (χ2v) is 9.28. The minimum absolute atomic E-state index is 0.0338. The van der Waals surface area contributed by atoms with Crippen LogP contribution in [-0.2, 0) is 17.8 Å². The van der Waals surface area contributed by atoms with Crippen LogP contribution in [0.4, 0.5) is 4.39 Å². The second-order valence-electron chi connectivity index (χ2n) is 9.28. The van der Waals surface area contributed by atoms with E-state index in [1.54, 1.807) is 12.1 Å². The van der Waals surface area contributed by atoms with Gasteiger partial charge in [0.15, 0.2) is 0 Å². The molecule has 3 aromatic rings. The van der Waals surface area contributed by atoms with Crippen molar-refractivity contribution in [1.29, 1.82) is 0 Å². The third kappa shape index (κ3) is 7.36. The molecule has 0 atom stereocenters. The maximum absolute atomic E-state index is 13.1. The van der Waals surface area contributed by atoms with E-state index in [9.17, 15) is 9.18 Å². The van der Waals surface area contributed by atoms with Crippen LogP contribution in [0, 0.1) is 11.7 Å². The summed E-state index contributed by atoms with van der Waals surface area (Å²) >= 11 is 0. The average molecular weight is 481 g/mol. The number of carbonyl (C=O) groups is 1. The fourth-order valence-corrected chi connectivity index (χ4v) is 4.27. The number of rotatable bonds is 10. The van der Waals surface area contributed by atoms with Gasteiger partial charge < -0.3 is 14.6 Å². The lowest BCUT2D eigenvalue weighted by atomic mass is 9.96. The first-order valence-corrected chi connectivity index (χ1v) is 12.3. The molecule has 0 unspecified atom stereocenters. The first kappa shape index (κ1) is 24.9. The van der Waals surface area contributed by atoms with E-state index in [-0.39, 0.29) is 23.7 Å². The second kappa shape index (κ2) is 11.9. The van der Waals surface area contributed by atoms with Crippen LogP contribution in [0.2, 0.25) is 0 Å². The highest BCUT2D eigenvalue weighted by atomic mass is 19.1. The van der Waals surface area contributed by atoms with Gasteiger partial charge in [0.2, 0.25) is 17.6 Å². The number of amides is 1. The van der Waals surface area contributed by atoms with Crippen molar-refractivity contribution in [3.05, 3.63) is 65.8 Å². The molecule has 35 heavy (non-hydrogen) atoms. The molecule has 1 aliphatic rings. The highest BCUT2D eigenvalue weighted by Crippen LogP contribution is 2.21. The van der Waals surface area contributed by atoms with Gasteiger partial charge in [-0.25, -0.2) is 4.39 Å². The van der Waals surface area contributed by atoms with Gasteiger partial charge in [0, 0.05) is 18.0 Å². The molecule has 0 saturated carbocycles. The van der Waals surface area contributed by atoms with Gasteiger partial charge in [-0.1, -0.05) is 17.3 Å². The topological polar surface area (TPSA) is 80.5 Å². The van der Waals surface area contributed by atoms with Crippen molar-refractivity contribution in [3.63, 3.8) is 0 Å². The summed E-state index contributed by atoms with van der Waals surface area (Å²) < 4.78 is 24.2. The molecule has 0 spiro atoms. The lowest BCUT2D eigenvalue weighted by Gasteiger charge is -2.30. The molecule has 0 aliphatic carbocycles. The summed E-state index contributed by atoms with van der Waals surface area (Å²) in [5, 5.41) is 7.10. The lowest BCUT2D eigenvalue weighted by Crippen LogP contribution is -2.40. The third-order valence-electron chi connectivity index (χ3n) is 6.10. The quantitative estimate of drug-likeness (QED) is 0.427. The molecule has 186 valence electrons. The van der Waals surface area contributed by atoms with Crippen molar-refractivity contribution in [2.24, 2.45) is 5.92 Å². The zero-order valence-corrected chi connectivity index (χ0v) is 20.4. The summed E-state index contributed by atoms with van der Waals surface area (Å²) in [7, 11) is 0. The molecule has 8 heteroatoms. The van der Waals surface area contributed by atoms with Crippen molar-refractivity contribution in [2.75, 3.05) is 19.6 Å². The number of halogens is 1. The molecule has 2 heterocycles. The number of benzene rings is 2. The Hall–Kier alpha value is -3.26. The number of hydrogen-bond acceptors (Lipinski definition) is 6. The van der Waals surface area contributed by atoms with E-state index in [1.807, 2.05) is 26.0 Å². The Morgan fingerprint density at radius 3 is 2.71 bits per heavy atom. The summed E-state index contributed by atoms with van der Waals surface area (Å²) in [6.45, 7) is 6.85. The number of aromatic nitrogens is 2. The first-order chi connectivity index (χ1) is 17.0. The zero-order valence-electron chi connectivity index (χ0n) is 20.4.